The second kappa shape index (κ2) is 5.81. The second-order valence-electron chi connectivity index (χ2n) is 3.93. The smallest absolute Gasteiger partial charge is 0.120 e. The lowest BCUT2D eigenvalue weighted by Gasteiger charge is -2.24. The topological polar surface area (TPSA) is 49.3 Å². The predicted octanol–water partition coefficient (Wildman–Crippen LogP) is 1.23. The van der Waals surface area contributed by atoms with Gasteiger partial charge in [-0.05, 0) is 31.3 Å². The van der Waals surface area contributed by atoms with Crippen molar-refractivity contribution in [2.45, 2.75) is 38.7 Å². The van der Waals surface area contributed by atoms with Crippen molar-refractivity contribution >= 4 is 6.29 Å². The molecule has 1 aliphatic carbocycles. The Hall–Kier alpha value is -0.830. The number of nitrogens with one attached hydrogen (secondary N) is 1. The lowest BCUT2D eigenvalue weighted by molar-refractivity contribution is -0.107. The molecule has 80 valence electrons. The molecule has 3 heteroatoms. The van der Waals surface area contributed by atoms with Gasteiger partial charge in [-0.3, -0.25) is 0 Å². The van der Waals surface area contributed by atoms with E-state index in [1.807, 2.05) is 6.08 Å². The fourth-order valence-corrected chi connectivity index (χ4v) is 1.59. The van der Waals surface area contributed by atoms with Gasteiger partial charge in [0.25, 0.3) is 0 Å². The van der Waals surface area contributed by atoms with E-state index < -0.39 is 0 Å². The first-order valence-corrected chi connectivity index (χ1v) is 5.30. The summed E-state index contributed by atoms with van der Waals surface area (Å²) in [5, 5.41) is 12.8. The van der Waals surface area contributed by atoms with Gasteiger partial charge in [-0.2, -0.15) is 0 Å². The van der Waals surface area contributed by atoms with Crippen LogP contribution in [0.5, 0.6) is 0 Å². The maximum Gasteiger partial charge on any atom is 0.120 e. The van der Waals surface area contributed by atoms with E-state index in [1.54, 1.807) is 0 Å². The summed E-state index contributed by atoms with van der Waals surface area (Å²) in [5.74, 6) is 0.371. The van der Waals surface area contributed by atoms with E-state index in [4.69, 9.17) is 0 Å². The van der Waals surface area contributed by atoms with Gasteiger partial charge in [0.2, 0.25) is 0 Å². The minimum absolute atomic E-state index is 0.308. The number of aliphatic hydroxyl groups excluding tert-OH is 1. The van der Waals surface area contributed by atoms with Crippen LogP contribution in [-0.4, -0.2) is 24.0 Å². The molecule has 0 aromatic rings. The molecule has 2 atom stereocenters. The van der Waals surface area contributed by atoms with Crippen LogP contribution in [0, 0.1) is 5.92 Å². The average molecular weight is 197 g/mol. The van der Waals surface area contributed by atoms with Crippen LogP contribution in [0.3, 0.4) is 0 Å². The Morgan fingerprint density at radius 2 is 2.50 bits per heavy atom. The molecule has 0 aliphatic heterocycles. The van der Waals surface area contributed by atoms with E-state index in [2.05, 4.69) is 12.2 Å². The molecular formula is C11H19NO2. The highest BCUT2D eigenvalue weighted by Gasteiger charge is 2.17. The van der Waals surface area contributed by atoms with E-state index in [0.29, 0.717) is 12.3 Å². The second-order valence-corrected chi connectivity index (χ2v) is 3.93. The zero-order valence-electron chi connectivity index (χ0n) is 8.70. The minimum atomic E-state index is -0.308. The van der Waals surface area contributed by atoms with Crippen molar-refractivity contribution in [2.75, 3.05) is 6.54 Å². The highest BCUT2D eigenvalue weighted by molar-refractivity contribution is 5.49. The van der Waals surface area contributed by atoms with Crippen LogP contribution in [-0.2, 0) is 4.79 Å². The third kappa shape index (κ3) is 3.50. The van der Waals surface area contributed by atoms with Crippen molar-refractivity contribution in [3.63, 3.8) is 0 Å². The first-order valence-electron chi connectivity index (χ1n) is 5.30. The molecule has 0 aromatic heterocycles. The number of carbonyl (C=O) groups is 1. The van der Waals surface area contributed by atoms with Crippen LogP contribution < -0.4 is 5.32 Å². The van der Waals surface area contributed by atoms with Gasteiger partial charge >= 0.3 is 0 Å². The number of rotatable bonds is 5. The molecule has 0 saturated heterocycles. The summed E-state index contributed by atoms with van der Waals surface area (Å²) in [6.45, 7) is 2.88. The fraction of sp³-hybridized carbons (Fsp3) is 0.727. The predicted molar refractivity (Wildman–Crippen MR) is 55.8 cm³/mol. The van der Waals surface area contributed by atoms with Gasteiger partial charge in [0.05, 0.1) is 6.10 Å². The summed E-state index contributed by atoms with van der Waals surface area (Å²) in [7, 11) is 0. The summed E-state index contributed by atoms with van der Waals surface area (Å²) in [6.07, 6.45) is 6.05. The number of hydrogen-bond acceptors (Lipinski definition) is 3. The van der Waals surface area contributed by atoms with Crippen molar-refractivity contribution in [1.29, 1.82) is 0 Å². The first kappa shape index (κ1) is 11.2. The van der Waals surface area contributed by atoms with Crippen LogP contribution in [0.4, 0.5) is 0 Å². The molecule has 0 saturated carbocycles. The molecule has 0 aromatic carbocycles. The summed E-state index contributed by atoms with van der Waals surface area (Å²) in [6, 6.07) is 0. The number of aldehydes is 1. The Morgan fingerprint density at radius 1 is 1.71 bits per heavy atom. The van der Waals surface area contributed by atoms with Gasteiger partial charge in [0.15, 0.2) is 0 Å². The third-order valence-corrected chi connectivity index (χ3v) is 2.67. The zero-order valence-corrected chi connectivity index (χ0v) is 8.70. The van der Waals surface area contributed by atoms with Gasteiger partial charge in [0.1, 0.15) is 6.29 Å². The Bertz CT molecular complexity index is 213. The molecule has 2 N–H and O–H groups in total. The summed E-state index contributed by atoms with van der Waals surface area (Å²) < 4.78 is 0. The molecule has 0 bridgehead atoms. The molecular weight excluding hydrogens is 178 g/mol. The Labute approximate surface area is 85.2 Å². The summed E-state index contributed by atoms with van der Waals surface area (Å²) in [5.41, 5.74) is 1.13. The normalized spacial score (nSPS) is 26.9. The largest absolute Gasteiger partial charge is 0.389 e. The van der Waals surface area contributed by atoms with E-state index >= 15 is 0 Å². The molecule has 1 rings (SSSR count). The molecule has 0 spiro atoms. The van der Waals surface area contributed by atoms with Gasteiger partial charge in [-0.25, -0.2) is 0 Å². The Balaban J connectivity index is 2.24. The van der Waals surface area contributed by atoms with Gasteiger partial charge < -0.3 is 15.2 Å². The van der Waals surface area contributed by atoms with E-state index in [0.717, 1.165) is 37.8 Å². The molecule has 0 heterocycles. The van der Waals surface area contributed by atoms with Crippen LogP contribution in [0.2, 0.25) is 0 Å². The first-order chi connectivity index (χ1) is 6.74. The van der Waals surface area contributed by atoms with Crippen molar-refractivity contribution in [3.8, 4) is 0 Å². The molecule has 0 fully saturated rings. The number of allylic oxidation sites excluding steroid dienone is 1. The van der Waals surface area contributed by atoms with Crippen molar-refractivity contribution < 1.29 is 9.90 Å². The number of carbonyl (C=O) groups excluding carboxylic acids is 1. The number of hydrogen-bond donors (Lipinski definition) is 2. The molecule has 14 heavy (non-hydrogen) atoms. The molecule has 1 aliphatic rings. The van der Waals surface area contributed by atoms with Crippen LogP contribution >= 0.6 is 0 Å². The summed E-state index contributed by atoms with van der Waals surface area (Å²) in [4.78, 5) is 10.1. The molecule has 0 amide bonds. The lowest BCUT2D eigenvalue weighted by Crippen LogP contribution is -2.25. The Morgan fingerprint density at radius 3 is 3.14 bits per heavy atom. The van der Waals surface area contributed by atoms with E-state index in [-0.39, 0.29) is 6.10 Å². The maximum absolute atomic E-state index is 10.1. The van der Waals surface area contributed by atoms with E-state index in [1.165, 1.54) is 0 Å². The average Bonchev–Trinajstić information content (AvgIpc) is 2.18. The number of aliphatic hydroxyl groups is 1. The summed E-state index contributed by atoms with van der Waals surface area (Å²) >= 11 is 0. The Kier molecular flexibility index (Phi) is 4.66. The van der Waals surface area contributed by atoms with Gasteiger partial charge in [-0.15, -0.1) is 0 Å². The third-order valence-electron chi connectivity index (χ3n) is 2.67. The minimum Gasteiger partial charge on any atom is -0.389 e. The monoisotopic (exact) mass is 197 g/mol. The van der Waals surface area contributed by atoms with Crippen molar-refractivity contribution in [1.82, 2.24) is 5.32 Å². The van der Waals surface area contributed by atoms with E-state index in [9.17, 15) is 9.90 Å². The van der Waals surface area contributed by atoms with Crippen molar-refractivity contribution in [3.05, 3.63) is 11.8 Å². The molecule has 0 radical (unpaired) electrons. The fourth-order valence-electron chi connectivity index (χ4n) is 1.59. The zero-order chi connectivity index (χ0) is 10.4. The van der Waals surface area contributed by atoms with Crippen molar-refractivity contribution in [2.24, 2.45) is 5.92 Å². The standard InChI is InChI=1S/C11H19NO2/c1-9-4-5-10(8-11(9)14)12-6-2-3-7-13/h7-9,11-12,14H,2-6H2,1H3. The number of unbranched alkanes of at least 4 members (excludes halogenated alkanes) is 1. The quantitative estimate of drug-likeness (QED) is 0.515. The van der Waals surface area contributed by atoms with Gasteiger partial charge in [-0.1, -0.05) is 6.92 Å². The molecule has 3 nitrogen and oxygen atoms in total. The van der Waals surface area contributed by atoms with Gasteiger partial charge in [0, 0.05) is 18.7 Å². The lowest BCUT2D eigenvalue weighted by atomic mass is 9.91. The highest BCUT2D eigenvalue weighted by atomic mass is 16.3. The molecule has 2 unspecified atom stereocenters. The van der Waals surface area contributed by atoms with Crippen LogP contribution in [0.25, 0.3) is 0 Å². The van der Waals surface area contributed by atoms with Crippen LogP contribution in [0.1, 0.15) is 32.6 Å². The van der Waals surface area contributed by atoms with Crippen LogP contribution in [0.15, 0.2) is 11.8 Å². The maximum atomic E-state index is 10.1. The SMILES string of the molecule is CC1CCC(NCCCC=O)=CC1O. The highest BCUT2D eigenvalue weighted by Crippen LogP contribution is 2.21.